The number of hydrogen-bond acceptors (Lipinski definition) is 2. The lowest BCUT2D eigenvalue weighted by atomic mass is 10.3. The highest BCUT2D eigenvalue weighted by molar-refractivity contribution is 6.30. The maximum Gasteiger partial charge on any atom is 0.292 e. The summed E-state index contributed by atoms with van der Waals surface area (Å²) in [5, 5.41) is 0. The Balaban J connectivity index is 3.09. The summed E-state index contributed by atoms with van der Waals surface area (Å²) in [4.78, 5) is 10.9. The Morgan fingerprint density at radius 2 is 2.09 bits per heavy atom. The predicted molar refractivity (Wildman–Crippen MR) is 49.3 cm³/mol. The average molecular weight is 174 g/mol. The van der Waals surface area contributed by atoms with Crippen molar-refractivity contribution in [2.24, 2.45) is 0 Å². The molecule has 0 radical (unpaired) electrons. The minimum Gasteiger partial charge on any atom is -0.525 e. The molecule has 0 bridgehead atoms. The second-order valence-electron chi connectivity index (χ2n) is 2.68. The lowest BCUT2D eigenvalue weighted by Crippen LogP contribution is -2.07. The summed E-state index contributed by atoms with van der Waals surface area (Å²) < 4.78 is 5.08. The van der Waals surface area contributed by atoms with Crippen molar-refractivity contribution in [3.05, 3.63) is 0 Å². The van der Waals surface area contributed by atoms with Gasteiger partial charge in [0.25, 0.3) is 5.97 Å². The molecule has 0 saturated heterocycles. The van der Waals surface area contributed by atoms with E-state index < -0.39 is 9.76 Å². The van der Waals surface area contributed by atoms with E-state index in [-0.39, 0.29) is 5.97 Å². The topological polar surface area (TPSA) is 26.3 Å². The van der Waals surface area contributed by atoms with Gasteiger partial charge in [0.15, 0.2) is 0 Å². The molecule has 0 N–H and O–H groups in total. The Morgan fingerprint density at radius 1 is 1.36 bits per heavy atom. The summed E-state index contributed by atoms with van der Waals surface area (Å²) in [5.41, 5.74) is 0. The van der Waals surface area contributed by atoms with Gasteiger partial charge in [-0.05, 0) is 12.5 Å². The quantitative estimate of drug-likeness (QED) is 0.452. The zero-order valence-electron chi connectivity index (χ0n) is 7.56. The molecule has 0 aromatic heterocycles. The smallest absolute Gasteiger partial charge is 0.292 e. The summed E-state index contributed by atoms with van der Waals surface area (Å²) in [6.45, 7) is 4.20. The molecule has 3 heteroatoms. The van der Waals surface area contributed by atoms with E-state index in [2.05, 4.69) is 13.8 Å². The van der Waals surface area contributed by atoms with Crippen molar-refractivity contribution in [2.75, 3.05) is 0 Å². The van der Waals surface area contributed by atoms with E-state index in [0.717, 1.165) is 25.3 Å². The second kappa shape index (κ2) is 7.79. The Bertz CT molecular complexity index is 104. The van der Waals surface area contributed by atoms with E-state index in [1.165, 1.54) is 0 Å². The fourth-order valence-corrected chi connectivity index (χ4v) is 1.53. The van der Waals surface area contributed by atoms with Gasteiger partial charge in [0.2, 0.25) is 9.76 Å². The Kier molecular flexibility index (Phi) is 7.57. The molecule has 0 heterocycles. The van der Waals surface area contributed by atoms with Crippen molar-refractivity contribution in [3.8, 4) is 0 Å². The third kappa shape index (κ3) is 7.59. The molecule has 0 saturated carbocycles. The summed E-state index contributed by atoms with van der Waals surface area (Å²) in [5.74, 6) is 0.0203. The molecule has 0 aliphatic heterocycles. The second-order valence-corrected chi connectivity index (χ2v) is 4.08. The molecule has 0 aromatic rings. The van der Waals surface area contributed by atoms with Gasteiger partial charge in [-0.15, -0.1) is 0 Å². The fourth-order valence-electron chi connectivity index (χ4n) is 0.724. The Hall–Kier alpha value is -0.313. The van der Waals surface area contributed by atoms with Crippen molar-refractivity contribution in [1.29, 1.82) is 0 Å². The van der Waals surface area contributed by atoms with Crippen LogP contribution in [0.2, 0.25) is 6.04 Å². The SMILES string of the molecule is CCCCC(=O)O[SiH2]CCC. The molecule has 0 aromatic carbocycles. The van der Waals surface area contributed by atoms with Crippen LogP contribution in [-0.2, 0) is 9.22 Å². The lowest BCUT2D eigenvalue weighted by Gasteiger charge is -2.01. The first kappa shape index (κ1) is 10.7. The highest BCUT2D eigenvalue weighted by Gasteiger charge is 1.99. The molecule has 0 atom stereocenters. The van der Waals surface area contributed by atoms with Gasteiger partial charge >= 0.3 is 0 Å². The maximum absolute atomic E-state index is 10.9. The minimum absolute atomic E-state index is 0.0203. The van der Waals surface area contributed by atoms with E-state index in [1.54, 1.807) is 0 Å². The molecule has 0 rings (SSSR count). The third-order valence-corrected chi connectivity index (χ3v) is 3.02. The monoisotopic (exact) mass is 174 g/mol. The average Bonchev–Trinajstić information content (AvgIpc) is 2.01. The first-order chi connectivity index (χ1) is 5.31. The summed E-state index contributed by atoms with van der Waals surface area (Å²) in [6.07, 6.45) is 3.81. The molecule has 66 valence electrons. The molecule has 0 aliphatic carbocycles. The molecule has 2 nitrogen and oxygen atoms in total. The van der Waals surface area contributed by atoms with E-state index in [0.29, 0.717) is 6.42 Å². The standard InChI is InChI=1S/C8H18O2Si/c1-3-5-6-8(9)10-11-7-4-2/h3-7,11H2,1-2H3. The lowest BCUT2D eigenvalue weighted by molar-refractivity contribution is -0.134. The van der Waals surface area contributed by atoms with Gasteiger partial charge in [0, 0.05) is 6.42 Å². The summed E-state index contributed by atoms with van der Waals surface area (Å²) in [7, 11) is -0.514. The van der Waals surface area contributed by atoms with E-state index >= 15 is 0 Å². The molecular weight excluding hydrogens is 156 g/mol. The van der Waals surface area contributed by atoms with Crippen molar-refractivity contribution < 1.29 is 9.22 Å². The van der Waals surface area contributed by atoms with Crippen molar-refractivity contribution in [1.82, 2.24) is 0 Å². The summed E-state index contributed by atoms with van der Waals surface area (Å²) >= 11 is 0. The van der Waals surface area contributed by atoms with Crippen molar-refractivity contribution in [2.45, 2.75) is 45.6 Å². The van der Waals surface area contributed by atoms with Crippen LogP contribution < -0.4 is 0 Å². The van der Waals surface area contributed by atoms with Crippen LogP contribution >= 0.6 is 0 Å². The molecular formula is C8H18O2Si. The number of unbranched alkanes of at least 4 members (excludes halogenated alkanes) is 1. The first-order valence-corrected chi connectivity index (χ1v) is 6.04. The Morgan fingerprint density at radius 3 is 2.64 bits per heavy atom. The fraction of sp³-hybridized carbons (Fsp3) is 0.875. The molecule has 11 heavy (non-hydrogen) atoms. The number of rotatable bonds is 6. The van der Waals surface area contributed by atoms with Crippen LogP contribution in [0.5, 0.6) is 0 Å². The zero-order valence-corrected chi connectivity index (χ0v) is 8.97. The molecule has 0 aliphatic rings. The van der Waals surface area contributed by atoms with Crippen LogP contribution in [0.4, 0.5) is 0 Å². The highest BCUT2D eigenvalue weighted by atomic mass is 28.2. The predicted octanol–water partition coefficient (Wildman–Crippen LogP) is 1.63. The van der Waals surface area contributed by atoms with Crippen LogP contribution in [0, 0.1) is 0 Å². The van der Waals surface area contributed by atoms with Crippen LogP contribution in [0.3, 0.4) is 0 Å². The van der Waals surface area contributed by atoms with Gasteiger partial charge in [-0.3, -0.25) is 4.79 Å². The first-order valence-electron chi connectivity index (χ1n) is 4.46. The number of carbonyl (C=O) groups is 1. The van der Waals surface area contributed by atoms with Crippen LogP contribution in [0.25, 0.3) is 0 Å². The molecule has 0 unspecified atom stereocenters. The van der Waals surface area contributed by atoms with Crippen LogP contribution in [0.1, 0.15) is 39.5 Å². The Labute approximate surface area is 71.3 Å². The zero-order chi connectivity index (χ0) is 8.53. The largest absolute Gasteiger partial charge is 0.525 e. The number of carbonyl (C=O) groups excluding carboxylic acids is 1. The van der Waals surface area contributed by atoms with Gasteiger partial charge in [0.1, 0.15) is 0 Å². The van der Waals surface area contributed by atoms with E-state index in [4.69, 9.17) is 4.43 Å². The maximum atomic E-state index is 10.9. The van der Waals surface area contributed by atoms with Gasteiger partial charge in [-0.25, -0.2) is 0 Å². The van der Waals surface area contributed by atoms with E-state index in [9.17, 15) is 4.79 Å². The number of hydrogen-bond donors (Lipinski definition) is 0. The van der Waals surface area contributed by atoms with Crippen LogP contribution in [0.15, 0.2) is 0 Å². The molecule has 0 amide bonds. The molecule has 0 spiro atoms. The van der Waals surface area contributed by atoms with Crippen LogP contribution in [-0.4, -0.2) is 15.7 Å². The van der Waals surface area contributed by atoms with Gasteiger partial charge in [-0.2, -0.15) is 0 Å². The van der Waals surface area contributed by atoms with E-state index in [1.807, 2.05) is 0 Å². The third-order valence-electron chi connectivity index (χ3n) is 1.50. The van der Waals surface area contributed by atoms with Crippen molar-refractivity contribution >= 4 is 15.7 Å². The van der Waals surface area contributed by atoms with Gasteiger partial charge < -0.3 is 4.43 Å². The van der Waals surface area contributed by atoms with Gasteiger partial charge in [-0.1, -0.05) is 26.7 Å². The molecule has 0 fully saturated rings. The normalized spacial score (nSPS) is 10.7. The van der Waals surface area contributed by atoms with Gasteiger partial charge in [0.05, 0.1) is 0 Å². The minimum atomic E-state index is -0.514. The highest BCUT2D eigenvalue weighted by Crippen LogP contribution is 1.96. The van der Waals surface area contributed by atoms with Crippen molar-refractivity contribution in [3.63, 3.8) is 0 Å². The summed E-state index contributed by atoms with van der Waals surface area (Å²) in [6, 6.07) is 1.12.